The summed E-state index contributed by atoms with van der Waals surface area (Å²) < 4.78 is 0.892. The lowest BCUT2D eigenvalue weighted by atomic mass is 10.1. The monoisotopic (exact) mass is 310 g/mol. The molecule has 1 saturated heterocycles. The van der Waals surface area contributed by atoms with Crippen LogP contribution in [0.15, 0.2) is 22.7 Å². The molecule has 96 valence electrons. The quantitative estimate of drug-likeness (QED) is 0.906. The van der Waals surface area contributed by atoms with Crippen molar-refractivity contribution in [1.29, 1.82) is 0 Å². The van der Waals surface area contributed by atoms with Crippen LogP contribution in [0.2, 0.25) is 0 Å². The molecular weight excluding hydrogens is 296 g/mol. The molecule has 4 nitrogen and oxygen atoms in total. The van der Waals surface area contributed by atoms with E-state index < -0.39 is 11.9 Å². The molecule has 0 spiro atoms. The minimum atomic E-state index is -0.461. The minimum Gasteiger partial charge on any atom is -0.368 e. The molecule has 1 heterocycles. The first-order valence-electron chi connectivity index (χ1n) is 5.87. The lowest BCUT2D eigenvalue weighted by molar-refractivity contribution is -0.121. The van der Waals surface area contributed by atoms with Gasteiger partial charge in [-0.25, -0.2) is 0 Å². The number of rotatable bonds is 2. The second-order valence-corrected chi connectivity index (χ2v) is 5.38. The fourth-order valence-electron chi connectivity index (χ4n) is 2.20. The summed E-state index contributed by atoms with van der Waals surface area (Å²) in [7, 11) is 0. The maximum atomic E-state index is 12.3. The van der Waals surface area contributed by atoms with E-state index >= 15 is 0 Å². The van der Waals surface area contributed by atoms with Crippen molar-refractivity contribution in [2.24, 2.45) is 5.73 Å². The standard InChI is InChI=1S/C13H15BrN2O2/c1-8-4-5-9(7-10(8)14)13(18)16-6-2-3-11(16)12(15)17/h4-5,7,11H,2-3,6H2,1H3,(H2,15,17). The first-order chi connectivity index (χ1) is 8.50. The highest BCUT2D eigenvalue weighted by atomic mass is 79.9. The van der Waals surface area contributed by atoms with Gasteiger partial charge in [-0.15, -0.1) is 0 Å². The third-order valence-electron chi connectivity index (χ3n) is 3.26. The number of primary amides is 1. The fraction of sp³-hybridized carbons (Fsp3) is 0.385. The van der Waals surface area contributed by atoms with E-state index in [-0.39, 0.29) is 5.91 Å². The molecule has 1 atom stereocenters. The van der Waals surface area contributed by atoms with E-state index in [0.717, 1.165) is 16.5 Å². The molecule has 2 N–H and O–H groups in total. The number of halogens is 1. The highest BCUT2D eigenvalue weighted by molar-refractivity contribution is 9.10. The van der Waals surface area contributed by atoms with Crippen molar-refractivity contribution in [3.05, 3.63) is 33.8 Å². The average Bonchev–Trinajstić information content (AvgIpc) is 2.81. The average molecular weight is 311 g/mol. The largest absolute Gasteiger partial charge is 0.368 e. The molecule has 1 fully saturated rings. The number of carbonyl (C=O) groups is 2. The molecule has 1 aliphatic heterocycles. The zero-order chi connectivity index (χ0) is 13.3. The summed E-state index contributed by atoms with van der Waals surface area (Å²) in [6, 6.07) is 4.98. The van der Waals surface area contributed by atoms with E-state index in [4.69, 9.17) is 5.73 Å². The van der Waals surface area contributed by atoms with E-state index in [1.54, 1.807) is 17.0 Å². The van der Waals surface area contributed by atoms with Crippen molar-refractivity contribution < 1.29 is 9.59 Å². The first-order valence-corrected chi connectivity index (χ1v) is 6.66. The van der Waals surface area contributed by atoms with Crippen LogP contribution in [0.5, 0.6) is 0 Å². The Labute approximate surface area is 114 Å². The second kappa shape index (κ2) is 5.10. The predicted octanol–water partition coefficient (Wildman–Crippen LogP) is 1.85. The topological polar surface area (TPSA) is 63.4 Å². The fourth-order valence-corrected chi connectivity index (χ4v) is 2.58. The summed E-state index contributed by atoms with van der Waals surface area (Å²) in [6.07, 6.45) is 1.49. The number of nitrogens with zero attached hydrogens (tertiary/aromatic N) is 1. The zero-order valence-electron chi connectivity index (χ0n) is 10.1. The number of nitrogens with two attached hydrogens (primary N) is 1. The van der Waals surface area contributed by atoms with Crippen molar-refractivity contribution >= 4 is 27.7 Å². The van der Waals surface area contributed by atoms with Gasteiger partial charge in [0.2, 0.25) is 5.91 Å². The second-order valence-electron chi connectivity index (χ2n) is 4.52. The Morgan fingerprint density at radius 1 is 1.44 bits per heavy atom. The summed E-state index contributed by atoms with van der Waals surface area (Å²) in [4.78, 5) is 25.2. The van der Waals surface area contributed by atoms with Crippen LogP contribution in [-0.2, 0) is 4.79 Å². The SMILES string of the molecule is Cc1ccc(C(=O)N2CCCC2C(N)=O)cc1Br. The van der Waals surface area contributed by atoms with Crippen molar-refractivity contribution in [3.8, 4) is 0 Å². The van der Waals surface area contributed by atoms with Crippen molar-refractivity contribution in [1.82, 2.24) is 4.90 Å². The van der Waals surface area contributed by atoms with Crippen molar-refractivity contribution in [2.45, 2.75) is 25.8 Å². The number of carbonyl (C=O) groups excluding carboxylic acids is 2. The number of hydrogen-bond acceptors (Lipinski definition) is 2. The molecule has 0 saturated carbocycles. The van der Waals surface area contributed by atoms with Crippen LogP contribution in [0.25, 0.3) is 0 Å². The van der Waals surface area contributed by atoms with Gasteiger partial charge < -0.3 is 10.6 Å². The van der Waals surface area contributed by atoms with Gasteiger partial charge in [-0.3, -0.25) is 9.59 Å². The first kappa shape index (κ1) is 13.1. The van der Waals surface area contributed by atoms with Gasteiger partial charge in [0.1, 0.15) is 6.04 Å². The van der Waals surface area contributed by atoms with Crippen LogP contribution in [0, 0.1) is 6.92 Å². The Balaban J connectivity index is 2.25. The highest BCUT2D eigenvalue weighted by Gasteiger charge is 2.33. The van der Waals surface area contributed by atoms with Crippen LogP contribution in [0.4, 0.5) is 0 Å². The van der Waals surface area contributed by atoms with Crippen LogP contribution < -0.4 is 5.73 Å². The number of likely N-dealkylation sites (tertiary alicyclic amines) is 1. The highest BCUT2D eigenvalue weighted by Crippen LogP contribution is 2.23. The predicted molar refractivity (Wildman–Crippen MR) is 72.1 cm³/mol. The van der Waals surface area contributed by atoms with Gasteiger partial charge in [0.05, 0.1) is 0 Å². The Bertz CT molecular complexity index is 502. The van der Waals surface area contributed by atoms with E-state index in [0.29, 0.717) is 18.5 Å². The van der Waals surface area contributed by atoms with Gasteiger partial charge in [-0.1, -0.05) is 22.0 Å². The van der Waals surface area contributed by atoms with Gasteiger partial charge in [-0.05, 0) is 37.5 Å². The molecular formula is C13H15BrN2O2. The Hall–Kier alpha value is -1.36. The summed E-state index contributed by atoms with van der Waals surface area (Å²) in [5, 5.41) is 0. The Morgan fingerprint density at radius 2 is 2.17 bits per heavy atom. The van der Waals surface area contributed by atoms with Gasteiger partial charge >= 0.3 is 0 Å². The van der Waals surface area contributed by atoms with Gasteiger partial charge in [0, 0.05) is 16.6 Å². The van der Waals surface area contributed by atoms with E-state index in [2.05, 4.69) is 15.9 Å². The summed E-state index contributed by atoms with van der Waals surface area (Å²) >= 11 is 3.40. The molecule has 1 aromatic rings. The molecule has 1 aromatic carbocycles. The molecule has 1 aliphatic rings. The maximum absolute atomic E-state index is 12.3. The molecule has 0 radical (unpaired) electrons. The number of aryl methyl sites for hydroxylation is 1. The van der Waals surface area contributed by atoms with Gasteiger partial charge in [0.15, 0.2) is 0 Å². The smallest absolute Gasteiger partial charge is 0.254 e. The molecule has 0 bridgehead atoms. The Morgan fingerprint density at radius 3 is 2.78 bits per heavy atom. The minimum absolute atomic E-state index is 0.128. The number of amides is 2. The van der Waals surface area contributed by atoms with E-state index in [9.17, 15) is 9.59 Å². The van der Waals surface area contributed by atoms with E-state index in [1.165, 1.54) is 0 Å². The third-order valence-corrected chi connectivity index (χ3v) is 4.12. The summed E-state index contributed by atoms with van der Waals surface area (Å²) in [6.45, 7) is 2.55. The number of benzene rings is 1. The molecule has 1 unspecified atom stereocenters. The lowest BCUT2D eigenvalue weighted by Gasteiger charge is -2.22. The molecule has 2 amide bonds. The molecule has 18 heavy (non-hydrogen) atoms. The van der Waals surface area contributed by atoms with Crippen LogP contribution in [-0.4, -0.2) is 29.3 Å². The zero-order valence-corrected chi connectivity index (χ0v) is 11.7. The van der Waals surface area contributed by atoms with Crippen LogP contribution in [0.3, 0.4) is 0 Å². The van der Waals surface area contributed by atoms with Gasteiger partial charge in [0.25, 0.3) is 5.91 Å². The molecule has 0 aromatic heterocycles. The van der Waals surface area contributed by atoms with Crippen molar-refractivity contribution in [3.63, 3.8) is 0 Å². The number of hydrogen-bond donors (Lipinski definition) is 1. The normalized spacial score (nSPS) is 19.0. The van der Waals surface area contributed by atoms with Gasteiger partial charge in [-0.2, -0.15) is 0 Å². The summed E-state index contributed by atoms with van der Waals surface area (Å²) in [5.74, 6) is -0.552. The third kappa shape index (κ3) is 2.41. The molecule has 5 heteroatoms. The maximum Gasteiger partial charge on any atom is 0.254 e. The summed E-state index contributed by atoms with van der Waals surface area (Å²) in [5.41, 5.74) is 6.97. The van der Waals surface area contributed by atoms with Crippen LogP contribution in [0.1, 0.15) is 28.8 Å². The Kier molecular flexibility index (Phi) is 3.71. The van der Waals surface area contributed by atoms with E-state index in [1.807, 2.05) is 13.0 Å². The van der Waals surface area contributed by atoms with Crippen molar-refractivity contribution in [2.75, 3.05) is 6.54 Å². The molecule has 2 rings (SSSR count). The van der Waals surface area contributed by atoms with Crippen LogP contribution >= 0.6 is 15.9 Å². The lowest BCUT2D eigenvalue weighted by Crippen LogP contribution is -2.43. The molecule has 0 aliphatic carbocycles.